The number of nitrogens with zero attached hydrogens (tertiary/aromatic N) is 1. The Hall–Kier alpha value is -2.99. The monoisotopic (exact) mass is 458 g/mol. The van der Waals surface area contributed by atoms with Crippen molar-refractivity contribution in [3.05, 3.63) is 65.5 Å². The Morgan fingerprint density at radius 2 is 1.74 bits per heavy atom. The van der Waals surface area contributed by atoms with Gasteiger partial charge in [0, 0.05) is 6.42 Å². The number of alkyl halides is 3. The number of sulfonamides is 1. The first kappa shape index (κ1) is 22.7. The number of nitrogens with one attached hydrogen (secondary N) is 1. The number of rotatable bonds is 6. The van der Waals surface area contributed by atoms with Gasteiger partial charge in [-0.05, 0) is 35.7 Å². The molecule has 1 heterocycles. The topological polar surface area (TPSA) is 128 Å². The summed E-state index contributed by atoms with van der Waals surface area (Å²) in [6.07, 6.45) is -6.03. The van der Waals surface area contributed by atoms with Crippen LogP contribution in [0.1, 0.15) is 30.0 Å². The quantitative estimate of drug-likeness (QED) is 0.574. The maximum atomic E-state index is 14.1. The minimum absolute atomic E-state index is 0.193. The third kappa shape index (κ3) is 4.26. The van der Waals surface area contributed by atoms with Crippen LogP contribution in [0, 0.1) is 5.82 Å². The van der Waals surface area contributed by atoms with Crippen molar-refractivity contribution in [3.8, 4) is 0 Å². The second-order valence-corrected chi connectivity index (χ2v) is 8.58. The van der Waals surface area contributed by atoms with E-state index in [-0.39, 0.29) is 11.1 Å². The summed E-state index contributed by atoms with van der Waals surface area (Å²) in [7, 11) is -4.46. The Morgan fingerprint density at radius 3 is 2.29 bits per heavy atom. The summed E-state index contributed by atoms with van der Waals surface area (Å²) in [5, 5.41) is 8.77. The Labute approximate surface area is 175 Å². The lowest BCUT2D eigenvalue weighted by Gasteiger charge is -2.38. The predicted octanol–water partition coefficient (Wildman–Crippen LogP) is 2.24. The second kappa shape index (κ2) is 7.93. The molecule has 0 fully saturated rings. The molecule has 0 radical (unpaired) electrons. The summed E-state index contributed by atoms with van der Waals surface area (Å²) in [4.78, 5) is 11.0. The summed E-state index contributed by atoms with van der Waals surface area (Å²) in [5.41, 5.74) is 3.98. The number of halogens is 4. The smallest absolute Gasteiger partial charge is 0.370 e. The number of primary amides is 1. The number of carbonyl (C=O) groups is 1. The number of primary sulfonamides is 1. The van der Waals surface area contributed by atoms with E-state index in [0.29, 0.717) is 0 Å². The predicted molar refractivity (Wildman–Crippen MR) is 104 cm³/mol. The van der Waals surface area contributed by atoms with Crippen LogP contribution in [0.3, 0.4) is 0 Å². The van der Waals surface area contributed by atoms with Gasteiger partial charge in [-0.3, -0.25) is 4.79 Å². The molecule has 3 rings (SSSR count). The third-order valence-corrected chi connectivity index (χ3v) is 6.10. The fourth-order valence-corrected chi connectivity index (χ4v) is 4.72. The Morgan fingerprint density at radius 1 is 1.13 bits per heavy atom. The zero-order chi connectivity index (χ0) is 23.0. The van der Waals surface area contributed by atoms with Crippen molar-refractivity contribution in [1.29, 1.82) is 0 Å². The molecule has 2 aromatic carbocycles. The lowest BCUT2D eigenvalue weighted by molar-refractivity contribution is -0.118. The van der Waals surface area contributed by atoms with E-state index in [1.165, 1.54) is 30.3 Å². The number of amides is 1. The fraction of sp³-hybridized carbons (Fsp3) is 0.263. The van der Waals surface area contributed by atoms with Gasteiger partial charge < -0.3 is 11.2 Å². The first-order valence-electron chi connectivity index (χ1n) is 8.94. The lowest BCUT2D eigenvalue weighted by atomic mass is 9.66. The van der Waals surface area contributed by atoms with Gasteiger partial charge in [-0.2, -0.15) is 18.3 Å². The van der Waals surface area contributed by atoms with Gasteiger partial charge in [0.15, 0.2) is 5.71 Å². The highest BCUT2D eigenvalue weighted by Crippen LogP contribution is 2.51. The van der Waals surface area contributed by atoms with Gasteiger partial charge in [-0.1, -0.05) is 30.3 Å². The average molecular weight is 458 g/mol. The van der Waals surface area contributed by atoms with E-state index in [1.54, 1.807) is 0 Å². The zero-order valence-electron chi connectivity index (χ0n) is 15.9. The standard InChI is InChI=1S/C19H18F4N4O3S/c20-12-7-5-11(6-8-12)16-18(10-9-15(24)28,17(27-26-16)19(21,22)23)13-3-1-2-4-14(13)31(25,29)30/h1-8,16,26H,9-10H2,(H2,24,28)(H2,25,29,30). The van der Waals surface area contributed by atoms with Gasteiger partial charge in [0.05, 0.1) is 16.4 Å². The molecule has 1 amide bonds. The average Bonchev–Trinajstić information content (AvgIpc) is 3.07. The molecule has 2 atom stereocenters. The molecule has 0 bridgehead atoms. The first-order chi connectivity index (χ1) is 14.4. The summed E-state index contributed by atoms with van der Waals surface area (Å²) in [6.45, 7) is 0. The Balaban J connectivity index is 2.37. The van der Waals surface area contributed by atoms with E-state index in [2.05, 4.69) is 10.5 Å². The van der Waals surface area contributed by atoms with Crippen molar-refractivity contribution in [1.82, 2.24) is 5.43 Å². The van der Waals surface area contributed by atoms with Gasteiger partial charge in [0.25, 0.3) is 0 Å². The number of carbonyl (C=O) groups excluding carboxylic acids is 1. The molecule has 12 heteroatoms. The minimum Gasteiger partial charge on any atom is -0.370 e. The summed E-state index contributed by atoms with van der Waals surface area (Å²) >= 11 is 0. The molecule has 2 aromatic rings. The molecular formula is C19H18F4N4O3S. The molecular weight excluding hydrogens is 440 g/mol. The number of hydrogen-bond acceptors (Lipinski definition) is 5. The van der Waals surface area contributed by atoms with Gasteiger partial charge in [0.2, 0.25) is 15.9 Å². The van der Waals surface area contributed by atoms with Gasteiger partial charge in [-0.25, -0.2) is 17.9 Å². The van der Waals surface area contributed by atoms with Crippen LogP contribution in [0.2, 0.25) is 0 Å². The van der Waals surface area contributed by atoms with Crippen LogP contribution in [-0.4, -0.2) is 26.2 Å². The first-order valence-corrected chi connectivity index (χ1v) is 10.5. The summed E-state index contributed by atoms with van der Waals surface area (Å²) in [5.74, 6) is -1.51. The Kier molecular flexibility index (Phi) is 5.80. The van der Waals surface area contributed by atoms with Crippen LogP contribution >= 0.6 is 0 Å². The van der Waals surface area contributed by atoms with Crippen molar-refractivity contribution in [2.75, 3.05) is 0 Å². The van der Waals surface area contributed by atoms with Crippen molar-refractivity contribution >= 4 is 21.6 Å². The fourth-order valence-electron chi connectivity index (χ4n) is 3.89. The molecule has 0 saturated carbocycles. The van der Waals surface area contributed by atoms with Crippen LogP contribution in [0.25, 0.3) is 0 Å². The van der Waals surface area contributed by atoms with Crippen molar-refractivity contribution < 1.29 is 30.8 Å². The zero-order valence-corrected chi connectivity index (χ0v) is 16.7. The van der Waals surface area contributed by atoms with Crippen LogP contribution in [0.4, 0.5) is 17.6 Å². The highest BCUT2D eigenvalue weighted by molar-refractivity contribution is 7.89. The molecule has 166 valence electrons. The van der Waals surface area contributed by atoms with Gasteiger partial charge in [0.1, 0.15) is 5.82 Å². The van der Waals surface area contributed by atoms with Crippen LogP contribution in [-0.2, 0) is 20.2 Å². The molecule has 5 N–H and O–H groups in total. The van der Waals surface area contributed by atoms with Crippen LogP contribution in [0.5, 0.6) is 0 Å². The second-order valence-electron chi connectivity index (χ2n) is 7.05. The normalized spacial score (nSPS) is 21.5. The molecule has 0 spiro atoms. The molecule has 0 saturated heterocycles. The van der Waals surface area contributed by atoms with E-state index < -0.39 is 62.8 Å². The van der Waals surface area contributed by atoms with E-state index in [0.717, 1.165) is 18.2 Å². The molecule has 2 unspecified atom stereocenters. The number of hydrazone groups is 1. The van der Waals surface area contributed by atoms with E-state index in [1.807, 2.05) is 0 Å². The summed E-state index contributed by atoms with van der Waals surface area (Å²) < 4.78 is 80.3. The van der Waals surface area contributed by atoms with Crippen LogP contribution < -0.4 is 16.3 Å². The summed E-state index contributed by atoms with van der Waals surface area (Å²) in [6, 6.07) is 8.23. The van der Waals surface area contributed by atoms with Crippen molar-refractivity contribution in [3.63, 3.8) is 0 Å². The van der Waals surface area contributed by atoms with E-state index >= 15 is 0 Å². The highest BCUT2D eigenvalue weighted by Gasteiger charge is 2.60. The Bertz CT molecular complexity index is 1130. The molecule has 31 heavy (non-hydrogen) atoms. The van der Waals surface area contributed by atoms with E-state index in [9.17, 15) is 30.8 Å². The molecule has 1 aliphatic rings. The van der Waals surface area contributed by atoms with Gasteiger partial charge in [-0.15, -0.1) is 0 Å². The lowest BCUT2D eigenvalue weighted by Crippen LogP contribution is -2.48. The molecule has 0 aliphatic carbocycles. The molecule has 7 nitrogen and oxygen atoms in total. The van der Waals surface area contributed by atoms with E-state index in [4.69, 9.17) is 10.9 Å². The maximum Gasteiger partial charge on any atom is 0.432 e. The molecule has 0 aromatic heterocycles. The van der Waals surface area contributed by atoms with Crippen LogP contribution in [0.15, 0.2) is 58.5 Å². The number of benzene rings is 2. The van der Waals surface area contributed by atoms with Gasteiger partial charge >= 0.3 is 6.18 Å². The maximum absolute atomic E-state index is 14.1. The minimum atomic E-state index is -5.00. The van der Waals surface area contributed by atoms with Crippen molar-refractivity contribution in [2.45, 2.75) is 35.4 Å². The molecule has 1 aliphatic heterocycles. The highest BCUT2D eigenvalue weighted by atomic mass is 32.2. The SMILES string of the molecule is NC(=O)CCC1(c2ccccc2S(N)(=O)=O)C(C(F)(F)F)=NNC1c1ccc(F)cc1. The van der Waals surface area contributed by atoms with Crippen molar-refractivity contribution in [2.24, 2.45) is 16.0 Å². The third-order valence-electron chi connectivity index (χ3n) is 5.13. The largest absolute Gasteiger partial charge is 0.432 e. The number of hydrogen-bond donors (Lipinski definition) is 3. The number of nitrogens with two attached hydrogens (primary N) is 2.